The first-order valence-electron chi connectivity index (χ1n) is 7.50. The summed E-state index contributed by atoms with van der Waals surface area (Å²) in [5.74, 6) is 0.107. The molecule has 1 amide bonds. The van der Waals surface area contributed by atoms with Gasteiger partial charge in [0.1, 0.15) is 5.54 Å². The predicted molar refractivity (Wildman–Crippen MR) is 84.4 cm³/mol. The van der Waals surface area contributed by atoms with Crippen molar-refractivity contribution in [3.8, 4) is 17.5 Å². The van der Waals surface area contributed by atoms with Crippen molar-refractivity contribution < 1.29 is 9.53 Å². The fourth-order valence-corrected chi connectivity index (χ4v) is 2.76. The number of para-hydroxylation sites is 1. The van der Waals surface area contributed by atoms with E-state index in [1.807, 2.05) is 30.3 Å². The van der Waals surface area contributed by atoms with E-state index in [-0.39, 0.29) is 11.6 Å². The van der Waals surface area contributed by atoms with Gasteiger partial charge in [-0.15, -0.1) is 0 Å². The molecule has 0 spiro atoms. The monoisotopic (exact) mass is 310 g/mol. The van der Waals surface area contributed by atoms with Crippen molar-refractivity contribution in [2.24, 2.45) is 0 Å². The minimum Gasteiger partial charge on any atom is -0.493 e. The van der Waals surface area contributed by atoms with Crippen LogP contribution in [0.1, 0.15) is 29.8 Å². The van der Waals surface area contributed by atoms with Gasteiger partial charge in [-0.05, 0) is 31.4 Å². The molecule has 118 valence electrons. The van der Waals surface area contributed by atoms with Gasteiger partial charge in [0, 0.05) is 7.05 Å². The number of rotatable bonds is 4. The normalized spacial score (nSPS) is 15.3. The summed E-state index contributed by atoms with van der Waals surface area (Å²) in [5.41, 5.74) is 0.352. The number of ether oxygens (including phenoxy) is 1. The van der Waals surface area contributed by atoms with Gasteiger partial charge in [-0.25, -0.2) is 4.68 Å². The number of carbonyl (C=O) groups excluding carboxylic acids is 1. The molecule has 23 heavy (non-hydrogen) atoms. The van der Waals surface area contributed by atoms with Crippen LogP contribution in [0, 0.1) is 11.3 Å². The molecular formula is C17H18N4O2. The van der Waals surface area contributed by atoms with Crippen molar-refractivity contribution in [3.05, 3.63) is 42.2 Å². The number of nitrogens with zero attached hydrogens (tertiary/aromatic N) is 4. The third-order valence-electron chi connectivity index (χ3n) is 4.46. The van der Waals surface area contributed by atoms with E-state index in [4.69, 9.17) is 4.74 Å². The van der Waals surface area contributed by atoms with Gasteiger partial charge in [-0.2, -0.15) is 10.4 Å². The lowest BCUT2D eigenvalue weighted by molar-refractivity contribution is 0.0488. The molecule has 0 bridgehead atoms. The van der Waals surface area contributed by atoms with Gasteiger partial charge in [0.25, 0.3) is 5.91 Å². The van der Waals surface area contributed by atoms with Gasteiger partial charge < -0.3 is 9.64 Å². The second-order valence-corrected chi connectivity index (χ2v) is 5.69. The topological polar surface area (TPSA) is 71.2 Å². The van der Waals surface area contributed by atoms with Crippen LogP contribution >= 0.6 is 0 Å². The summed E-state index contributed by atoms with van der Waals surface area (Å²) >= 11 is 0. The first-order valence-corrected chi connectivity index (χ1v) is 7.50. The fourth-order valence-electron chi connectivity index (χ4n) is 2.76. The molecule has 0 aliphatic heterocycles. The highest BCUT2D eigenvalue weighted by molar-refractivity contribution is 5.95. The maximum Gasteiger partial charge on any atom is 0.279 e. The molecule has 6 nitrogen and oxygen atoms in total. The molecule has 6 heteroatoms. The molecule has 0 radical (unpaired) electrons. The zero-order valence-corrected chi connectivity index (χ0v) is 13.2. The van der Waals surface area contributed by atoms with Gasteiger partial charge in [0.2, 0.25) is 0 Å². The summed E-state index contributed by atoms with van der Waals surface area (Å²) in [6, 6.07) is 11.8. The van der Waals surface area contributed by atoms with Crippen LogP contribution in [0.2, 0.25) is 0 Å². The lowest BCUT2D eigenvalue weighted by atomic mass is 9.76. The van der Waals surface area contributed by atoms with Crippen LogP contribution in [-0.4, -0.2) is 40.3 Å². The molecule has 1 fully saturated rings. The summed E-state index contributed by atoms with van der Waals surface area (Å²) in [6.07, 6.45) is 4.04. The van der Waals surface area contributed by atoms with Crippen molar-refractivity contribution in [1.82, 2.24) is 14.7 Å². The molecule has 0 saturated heterocycles. The number of amides is 1. The Hall–Kier alpha value is -2.81. The highest BCUT2D eigenvalue weighted by Gasteiger charge is 2.44. The molecule has 0 atom stereocenters. The van der Waals surface area contributed by atoms with Gasteiger partial charge >= 0.3 is 0 Å². The Bertz CT molecular complexity index is 757. The van der Waals surface area contributed by atoms with Crippen LogP contribution < -0.4 is 4.74 Å². The Balaban J connectivity index is 1.95. The third kappa shape index (κ3) is 2.44. The molecule has 1 aromatic heterocycles. The average Bonchev–Trinajstić information content (AvgIpc) is 2.98. The average molecular weight is 310 g/mol. The molecule has 1 aliphatic carbocycles. The minimum absolute atomic E-state index is 0.223. The molecule has 1 aliphatic rings. The number of hydrogen-bond donors (Lipinski definition) is 0. The molecule has 1 aromatic carbocycles. The Labute approximate surface area is 134 Å². The highest BCUT2D eigenvalue weighted by Crippen LogP contribution is 2.37. The number of benzene rings is 1. The predicted octanol–water partition coefficient (Wildman–Crippen LogP) is 2.40. The second kappa shape index (κ2) is 5.76. The Morgan fingerprint density at radius 2 is 2.09 bits per heavy atom. The van der Waals surface area contributed by atoms with E-state index < -0.39 is 5.54 Å². The van der Waals surface area contributed by atoms with E-state index >= 15 is 0 Å². The molecule has 2 aromatic rings. The van der Waals surface area contributed by atoms with Gasteiger partial charge in [0.15, 0.2) is 11.4 Å². The lowest BCUT2D eigenvalue weighted by Crippen LogP contribution is -2.53. The van der Waals surface area contributed by atoms with Crippen molar-refractivity contribution in [2.45, 2.75) is 24.8 Å². The van der Waals surface area contributed by atoms with E-state index in [0.717, 1.165) is 12.1 Å². The third-order valence-corrected chi connectivity index (χ3v) is 4.46. The van der Waals surface area contributed by atoms with Gasteiger partial charge in [-0.1, -0.05) is 18.2 Å². The maximum atomic E-state index is 12.8. The number of nitriles is 1. The number of carbonyl (C=O) groups is 1. The quantitative estimate of drug-likeness (QED) is 0.869. The zero-order chi connectivity index (χ0) is 16.4. The summed E-state index contributed by atoms with van der Waals surface area (Å²) in [6.45, 7) is 0. The van der Waals surface area contributed by atoms with Crippen molar-refractivity contribution >= 4 is 5.91 Å². The lowest BCUT2D eigenvalue weighted by Gasteiger charge is -2.42. The minimum atomic E-state index is -0.710. The highest BCUT2D eigenvalue weighted by atomic mass is 16.5. The summed E-state index contributed by atoms with van der Waals surface area (Å²) in [4.78, 5) is 14.3. The Morgan fingerprint density at radius 1 is 1.39 bits per heavy atom. The van der Waals surface area contributed by atoms with Crippen molar-refractivity contribution in [2.75, 3.05) is 14.2 Å². The Morgan fingerprint density at radius 3 is 2.61 bits per heavy atom. The molecule has 1 saturated carbocycles. The number of hydrogen-bond acceptors (Lipinski definition) is 4. The summed E-state index contributed by atoms with van der Waals surface area (Å²) in [7, 11) is 3.16. The molecular weight excluding hydrogens is 292 g/mol. The Kier molecular flexibility index (Phi) is 3.78. The van der Waals surface area contributed by atoms with Crippen LogP contribution in [0.4, 0.5) is 0 Å². The fraction of sp³-hybridized carbons (Fsp3) is 0.353. The van der Waals surface area contributed by atoms with E-state index in [1.165, 1.54) is 12.0 Å². The second-order valence-electron chi connectivity index (χ2n) is 5.69. The number of aromatic nitrogens is 2. The summed E-state index contributed by atoms with van der Waals surface area (Å²) < 4.78 is 6.91. The first kappa shape index (κ1) is 15.1. The standard InChI is InChI=1S/C17H18N4O2/c1-20(17(12-18)9-6-10-17)16(22)15-14(23-2)11-21(19-15)13-7-4-3-5-8-13/h3-5,7-8,11H,6,9-10H2,1-2H3. The van der Waals surface area contributed by atoms with Crippen LogP contribution in [0.3, 0.4) is 0 Å². The van der Waals surface area contributed by atoms with Crippen LogP contribution in [0.25, 0.3) is 5.69 Å². The van der Waals surface area contributed by atoms with Crippen LogP contribution in [-0.2, 0) is 0 Å². The number of methoxy groups -OCH3 is 1. The molecule has 3 rings (SSSR count). The molecule has 0 N–H and O–H groups in total. The summed E-state index contributed by atoms with van der Waals surface area (Å²) in [5, 5.41) is 13.8. The first-order chi connectivity index (χ1) is 11.1. The SMILES string of the molecule is COc1cn(-c2ccccc2)nc1C(=O)N(C)C1(C#N)CCC1. The van der Waals surface area contributed by atoms with E-state index in [1.54, 1.807) is 17.9 Å². The van der Waals surface area contributed by atoms with Gasteiger partial charge in [0.05, 0.1) is 25.1 Å². The largest absolute Gasteiger partial charge is 0.493 e. The van der Waals surface area contributed by atoms with Crippen molar-refractivity contribution in [3.63, 3.8) is 0 Å². The van der Waals surface area contributed by atoms with E-state index in [9.17, 15) is 10.1 Å². The maximum absolute atomic E-state index is 12.8. The van der Waals surface area contributed by atoms with Gasteiger partial charge in [-0.3, -0.25) is 4.79 Å². The van der Waals surface area contributed by atoms with Crippen molar-refractivity contribution in [1.29, 1.82) is 5.26 Å². The van der Waals surface area contributed by atoms with E-state index in [0.29, 0.717) is 18.6 Å². The van der Waals surface area contributed by atoms with Crippen LogP contribution in [0.15, 0.2) is 36.5 Å². The zero-order valence-electron chi connectivity index (χ0n) is 13.2. The molecule has 1 heterocycles. The molecule has 0 unspecified atom stereocenters. The smallest absolute Gasteiger partial charge is 0.279 e. The van der Waals surface area contributed by atoms with Crippen LogP contribution in [0.5, 0.6) is 5.75 Å². The van der Waals surface area contributed by atoms with E-state index in [2.05, 4.69) is 11.2 Å².